The predicted octanol–water partition coefficient (Wildman–Crippen LogP) is -3.94. The average molecular weight is 1280 g/mol. The number of nitrogens with two attached hydrogens (primary N) is 3. The molecule has 0 aromatic carbocycles. The number of cyclic esters (lactones) is 1. The van der Waals surface area contributed by atoms with Gasteiger partial charge in [0.25, 0.3) is 5.91 Å². The minimum atomic E-state index is -2.83. The summed E-state index contributed by atoms with van der Waals surface area (Å²) in [6.07, 6.45) is 0.713. The Morgan fingerprint density at radius 2 is 1.15 bits per heavy atom. The first-order valence-corrected chi connectivity index (χ1v) is 30.6. The number of aliphatic carboxylic acids is 1. The first-order valence-electron chi connectivity index (χ1n) is 30.0. The molecule has 12 atom stereocenters. The van der Waals surface area contributed by atoms with Gasteiger partial charge in [-0.2, -0.15) is 0 Å². The number of aliphatic hydroxyl groups is 4. The van der Waals surface area contributed by atoms with Gasteiger partial charge in [-0.05, 0) is 92.3 Å². The first kappa shape index (κ1) is 79.4. The molecule has 1 aliphatic heterocycles. The molecule has 1 heterocycles. The minimum Gasteiger partial charge on any atom is -0.479 e. The van der Waals surface area contributed by atoms with Crippen molar-refractivity contribution in [3.8, 4) is 0 Å². The van der Waals surface area contributed by atoms with Gasteiger partial charge in [0.05, 0.1) is 37.0 Å². The second-order valence-electron chi connectivity index (χ2n) is 22.3. The van der Waals surface area contributed by atoms with Crippen molar-refractivity contribution in [1.29, 1.82) is 0 Å². The van der Waals surface area contributed by atoms with Crippen LogP contribution < -0.4 is 70.4 Å². The van der Waals surface area contributed by atoms with Gasteiger partial charge in [0.1, 0.15) is 54.6 Å². The van der Waals surface area contributed by atoms with Gasteiger partial charge in [-0.3, -0.25) is 47.9 Å². The fourth-order valence-electron chi connectivity index (χ4n) is 8.75. The average Bonchev–Trinajstić information content (AvgIpc) is 3.67. The fraction of sp³-hybridized carbons (Fsp3) is 0.750. The number of ether oxygens (including phenoxy) is 1. The van der Waals surface area contributed by atoms with Crippen molar-refractivity contribution < 1.29 is 87.8 Å². The van der Waals surface area contributed by atoms with Crippen molar-refractivity contribution in [2.45, 2.75) is 235 Å². The number of nitrogens with one attached hydrogen (secondary N) is 10. The summed E-state index contributed by atoms with van der Waals surface area (Å²) >= 11 is 5.90. The molecule has 32 heteroatoms. The topological polar surface area (TPSA) is 514 Å². The molecule has 0 spiro atoms. The number of carboxylic acid groups (broad SMARTS) is 1. The molecule has 31 nitrogen and oxygen atoms in total. The fourth-order valence-corrected chi connectivity index (χ4v) is 8.93. The molecular formula is C56H98ClN13O18. The van der Waals surface area contributed by atoms with Crippen LogP contribution in [-0.4, -0.2) is 207 Å². The molecule has 21 N–H and O–H groups in total. The lowest BCUT2D eigenvalue weighted by Crippen LogP contribution is -2.62. The normalized spacial score (nSPS) is 24.0. The van der Waals surface area contributed by atoms with Gasteiger partial charge < -0.3 is 101 Å². The van der Waals surface area contributed by atoms with E-state index in [2.05, 4.69) is 49.5 Å². The van der Waals surface area contributed by atoms with E-state index >= 15 is 0 Å². The summed E-state index contributed by atoms with van der Waals surface area (Å²) in [5, 5.41) is 76.1. The molecule has 1 saturated heterocycles. The molecule has 1 rings (SSSR count). The van der Waals surface area contributed by atoms with Crippen molar-refractivity contribution in [3.63, 3.8) is 0 Å². The smallest absolute Gasteiger partial charge is 0.335 e. The van der Waals surface area contributed by atoms with Crippen LogP contribution in [-0.2, 0) is 62.3 Å². The van der Waals surface area contributed by atoms with Gasteiger partial charge in [0.2, 0.25) is 53.2 Å². The number of unbranched alkanes of at least 4 members (excludes halogenated alkanes) is 9. The number of esters is 1. The third kappa shape index (κ3) is 29.6. The van der Waals surface area contributed by atoms with Crippen molar-refractivity contribution >= 4 is 82.6 Å². The number of hydrogen-bond acceptors (Lipinski definition) is 20. The molecule has 88 heavy (non-hydrogen) atoms. The highest BCUT2D eigenvalue weighted by Gasteiger charge is 2.41. The number of carbonyl (C=O) groups excluding carboxylic acids is 11. The Morgan fingerprint density at radius 3 is 1.66 bits per heavy atom. The maximum Gasteiger partial charge on any atom is 0.335 e. The first-order chi connectivity index (χ1) is 41.5. The maximum absolute atomic E-state index is 14.5. The quantitative estimate of drug-likeness (QED) is 0.0141. The van der Waals surface area contributed by atoms with E-state index in [0.29, 0.717) is 19.3 Å². The summed E-state index contributed by atoms with van der Waals surface area (Å²) in [5.74, 6) is -16.4. The van der Waals surface area contributed by atoms with Crippen LogP contribution in [0.25, 0.3) is 0 Å². The van der Waals surface area contributed by atoms with Gasteiger partial charge in [0.15, 0.2) is 12.1 Å². The van der Waals surface area contributed by atoms with E-state index in [1.165, 1.54) is 6.92 Å². The number of halogens is 1. The highest BCUT2D eigenvalue weighted by molar-refractivity contribution is 6.18. The molecule has 0 aromatic heterocycles. The van der Waals surface area contributed by atoms with Crippen molar-refractivity contribution in [2.75, 3.05) is 32.1 Å². The molecular weight excluding hydrogens is 1180 g/mol. The third-order valence-electron chi connectivity index (χ3n) is 14.3. The van der Waals surface area contributed by atoms with Crippen LogP contribution in [0.4, 0.5) is 0 Å². The standard InChI is InChI=1S/C56H98ClN13O18/c1-7-10-11-12-13-14-15-16-17-20-32(72)27-40(74)61-38-30-88-55(87)43(39(73)29-57)68-53(84)44(45(76)54(85)86)69-46(77)33(8-2)62-52(83)42(31(4)71)67-49(80)36(23-26-60)64-47(78)34(21-18-19-24-58)63-50(81)37(28-41(75)70-56(5,6)9-3)66-48(79)35(22-25-59)65-51(38)82/h8,31-32,34-39,42-45,71-73,76H,7,9-30,58-60H2,1-6H3,(H,61,74)(H,62,83)(H,63,81)(H,64,78)(H,65,82)(H,66,79)(H,67,80)(H,68,84)(H,69,77)(H,70,75)(H,85,86)/b33-8-/t31-,32+,34-,35+,36-,37-,38-,39+,42-,43-,44-,45-/m0/s1. The second kappa shape index (κ2) is 42.3. The Balaban J connectivity index is 4.14. The molecule has 10 amide bonds. The monoisotopic (exact) mass is 1280 g/mol. The lowest BCUT2D eigenvalue weighted by atomic mass is 10.0. The summed E-state index contributed by atoms with van der Waals surface area (Å²) in [6, 6.07) is -15.5. The van der Waals surface area contributed by atoms with Crippen LogP contribution in [0.2, 0.25) is 0 Å². The molecule has 0 bridgehead atoms. The number of alkyl halides is 1. The molecule has 0 aliphatic carbocycles. The predicted molar refractivity (Wildman–Crippen MR) is 320 cm³/mol. The Bertz CT molecular complexity index is 2330. The summed E-state index contributed by atoms with van der Waals surface area (Å²) < 4.78 is 5.34. The summed E-state index contributed by atoms with van der Waals surface area (Å²) in [6.45, 7) is 7.90. The van der Waals surface area contributed by atoms with Crippen molar-refractivity contribution in [3.05, 3.63) is 11.8 Å². The molecule has 0 aromatic rings. The zero-order chi connectivity index (χ0) is 66.7. The number of rotatable bonds is 30. The Labute approximate surface area is 518 Å². The number of hydrogen-bond donors (Lipinski definition) is 18. The van der Waals surface area contributed by atoms with Crippen LogP contribution >= 0.6 is 11.6 Å². The lowest BCUT2D eigenvalue weighted by molar-refractivity contribution is -0.155. The summed E-state index contributed by atoms with van der Waals surface area (Å²) in [4.78, 5) is 166. The van der Waals surface area contributed by atoms with Gasteiger partial charge >= 0.3 is 11.9 Å². The number of allylic oxidation sites excluding steroid dienone is 1. The molecule has 0 unspecified atom stereocenters. The van der Waals surface area contributed by atoms with Crippen LogP contribution in [0.5, 0.6) is 0 Å². The van der Waals surface area contributed by atoms with Gasteiger partial charge in [-0.15, -0.1) is 11.6 Å². The van der Waals surface area contributed by atoms with E-state index in [1.807, 2.05) is 10.6 Å². The van der Waals surface area contributed by atoms with Crippen molar-refractivity contribution in [2.24, 2.45) is 17.2 Å². The minimum absolute atomic E-state index is 0.145. The molecule has 0 saturated carbocycles. The van der Waals surface area contributed by atoms with E-state index in [4.69, 9.17) is 33.5 Å². The van der Waals surface area contributed by atoms with Crippen LogP contribution in [0.3, 0.4) is 0 Å². The van der Waals surface area contributed by atoms with E-state index in [9.17, 15) is 83.1 Å². The highest BCUT2D eigenvalue weighted by atomic mass is 35.5. The van der Waals surface area contributed by atoms with E-state index < -0.39 is 187 Å². The lowest BCUT2D eigenvalue weighted by Gasteiger charge is -2.29. The molecule has 1 aliphatic rings. The second-order valence-corrected chi connectivity index (χ2v) is 22.6. The Morgan fingerprint density at radius 1 is 0.636 bits per heavy atom. The van der Waals surface area contributed by atoms with Gasteiger partial charge in [0, 0.05) is 5.54 Å². The van der Waals surface area contributed by atoms with E-state index in [1.54, 1.807) is 20.8 Å². The Kier molecular flexibility index (Phi) is 38.2. The molecule has 1 fully saturated rings. The van der Waals surface area contributed by atoms with Gasteiger partial charge in [-0.1, -0.05) is 77.7 Å². The highest BCUT2D eigenvalue weighted by Crippen LogP contribution is 2.15. The SMILES string of the molecule is C/C=C1\NC(=O)[C@H]([C@H](C)O)NC(=O)[C@H](CCN)NC(=O)[C@H](CCCCN)NC(=O)[C@H](CC(=O)NC(C)(C)CC)NC(=O)[C@@H](CCN)NC(=O)[C@@H](NC(=O)C[C@H](O)CCCCCCCCCCC)COC(=O)[C@H]([C@H](O)CCl)NC(=O)[C@H]([C@H](O)C(=O)O)NC1=O. The maximum atomic E-state index is 14.5. The third-order valence-corrected chi connectivity index (χ3v) is 14.6. The van der Waals surface area contributed by atoms with Crippen molar-refractivity contribution in [1.82, 2.24) is 53.2 Å². The molecule has 502 valence electrons. The zero-order valence-electron chi connectivity index (χ0n) is 51.4. The van der Waals surface area contributed by atoms with E-state index in [-0.39, 0.29) is 45.3 Å². The Hall–Kier alpha value is -6.61. The zero-order valence-corrected chi connectivity index (χ0v) is 52.2. The molecule has 0 radical (unpaired) electrons. The largest absolute Gasteiger partial charge is 0.479 e. The van der Waals surface area contributed by atoms with Crippen LogP contribution in [0.1, 0.15) is 157 Å². The van der Waals surface area contributed by atoms with Gasteiger partial charge in [-0.25, -0.2) is 9.59 Å². The summed E-state index contributed by atoms with van der Waals surface area (Å²) in [7, 11) is 0. The van der Waals surface area contributed by atoms with Crippen LogP contribution in [0.15, 0.2) is 11.8 Å². The summed E-state index contributed by atoms with van der Waals surface area (Å²) in [5.41, 5.74) is 15.9. The van der Waals surface area contributed by atoms with E-state index in [0.717, 1.165) is 64.4 Å². The number of aliphatic hydroxyl groups excluding tert-OH is 4. The number of carboxylic acids is 1. The number of amides is 10. The number of carbonyl (C=O) groups is 12. The van der Waals surface area contributed by atoms with Crippen LogP contribution in [0, 0.1) is 0 Å².